The van der Waals surface area contributed by atoms with Gasteiger partial charge in [-0.3, -0.25) is 33.9 Å². The molecule has 0 aliphatic carbocycles. The van der Waals surface area contributed by atoms with E-state index >= 15 is 0 Å². The van der Waals surface area contributed by atoms with E-state index in [1.54, 1.807) is 12.1 Å². The lowest BCUT2D eigenvalue weighted by Gasteiger charge is -2.49. The molecule has 3 fully saturated rings. The third-order valence-electron chi connectivity index (χ3n) is 12.2. The molecule has 7 heterocycles. The number of pyridine rings is 1. The summed E-state index contributed by atoms with van der Waals surface area (Å²) < 4.78 is 5.71. The molecule has 1 unspecified atom stereocenters. The van der Waals surface area contributed by atoms with Gasteiger partial charge in [0.1, 0.15) is 18.3 Å². The first-order valence-electron chi connectivity index (χ1n) is 19.8. The summed E-state index contributed by atoms with van der Waals surface area (Å²) in [4.78, 5) is 74.6. The van der Waals surface area contributed by atoms with Gasteiger partial charge in [-0.2, -0.15) is 0 Å². The first kappa shape index (κ1) is 35.8. The summed E-state index contributed by atoms with van der Waals surface area (Å²) in [5.41, 5.74) is 8.52. The molecule has 10 rings (SSSR count). The number of aromatic nitrogens is 3. The van der Waals surface area contributed by atoms with Crippen molar-refractivity contribution in [2.24, 2.45) is 0 Å². The first-order valence-corrected chi connectivity index (χ1v) is 19.8. The van der Waals surface area contributed by atoms with E-state index in [2.05, 4.69) is 78.6 Å². The molecule has 0 radical (unpaired) electrons. The van der Waals surface area contributed by atoms with Crippen LogP contribution in [0.2, 0.25) is 0 Å². The standard InChI is InChI=1S/C43H42N10O5/c1-25-34(22-45-39-38(25)44-13-18-58-39)26-3-4-27-21-46-43(48-35(27)19-26)47-28-5-7-29(8-6-28)50-14-16-51(17-15-50)31-23-52(24-31)30-9-10-32-33(20-30)41(56)53(40(32)55)36-11-12-37(54)49(2)42(36)57/h3-10,19-22,31,36,44H,11-18,23-24H2,1-2H3,(H,46,47,48). The van der Waals surface area contributed by atoms with Crippen LogP contribution in [0.4, 0.5) is 28.7 Å². The zero-order valence-corrected chi connectivity index (χ0v) is 32.3. The molecule has 2 N–H and O–H groups in total. The summed E-state index contributed by atoms with van der Waals surface area (Å²) in [6, 6.07) is 19.4. The van der Waals surface area contributed by atoms with Crippen LogP contribution in [0.3, 0.4) is 0 Å². The lowest BCUT2D eigenvalue weighted by molar-refractivity contribution is -0.149. The molecule has 294 valence electrons. The lowest BCUT2D eigenvalue weighted by atomic mass is 10.00. The molecule has 5 aliphatic heterocycles. The molecule has 58 heavy (non-hydrogen) atoms. The second-order valence-electron chi connectivity index (χ2n) is 15.5. The van der Waals surface area contributed by atoms with E-state index in [0.717, 1.165) is 106 Å². The highest BCUT2D eigenvalue weighted by Crippen LogP contribution is 2.37. The van der Waals surface area contributed by atoms with Crippen LogP contribution in [-0.2, 0) is 9.59 Å². The van der Waals surface area contributed by atoms with Crippen LogP contribution in [0.25, 0.3) is 22.0 Å². The van der Waals surface area contributed by atoms with Gasteiger partial charge in [0, 0.05) is 106 Å². The van der Waals surface area contributed by atoms with Crippen LogP contribution < -0.4 is 25.2 Å². The van der Waals surface area contributed by atoms with Crippen molar-refractivity contribution in [3.8, 4) is 17.0 Å². The summed E-state index contributed by atoms with van der Waals surface area (Å²) in [6.45, 7) is 8.80. The monoisotopic (exact) mass is 778 g/mol. The molecule has 3 saturated heterocycles. The van der Waals surface area contributed by atoms with Gasteiger partial charge in [-0.15, -0.1) is 0 Å². The fourth-order valence-corrected chi connectivity index (χ4v) is 8.75. The minimum Gasteiger partial charge on any atom is -0.474 e. The Morgan fingerprint density at radius 3 is 2.40 bits per heavy atom. The largest absolute Gasteiger partial charge is 0.474 e. The van der Waals surface area contributed by atoms with Crippen molar-refractivity contribution in [2.45, 2.75) is 31.8 Å². The molecule has 15 heteroatoms. The zero-order valence-electron chi connectivity index (χ0n) is 32.3. The minimum absolute atomic E-state index is 0.119. The van der Waals surface area contributed by atoms with Crippen molar-refractivity contribution >= 4 is 63.2 Å². The smallest absolute Gasteiger partial charge is 0.262 e. The number of amides is 4. The number of rotatable bonds is 7. The number of ether oxygens (including phenoxy) is 1. The van der Waals surface area contributed by atoms with E-state index < -0.39 is 23.8 Å². The van der Waals surface area contributed by atoms with Gasteiger partial charge < -0.3 is 25.2 Å². The predicted molar refractivity (Wildman–Crippen MR) is 219 cm³/mol. The molecule has 15 nitrogen and oxygen atoms in total. The second-order valence-corrected chi connectivity index (χ2v) is 15.5. The summed E-state index contributed by atoms with van der Waals surface area (Å²) >= 11 is 0. The number of piperazine rings is 1. The highest BCUT2D eigenvalue weighted by atomic mass is 16.5. The van der Waals surface area contributed by atoms with E-state index in [1.165, 1.54) is 7.05 Å². The third-order valence-corrected chi connectivity index (χ3v) is 12.2. The number of piperidine rings is 1. The van der Waals surface area contributed by atoms with Gasteiger partial charge in [0.05, 0.1) is 16.6 Å². The van der Waals surface area contributed by atoms with Gasteiger partial charge >= 0.3 is 0 Å². The number of carbonyl (C=O) groups is 4. The average molecular weight is 779 g/mol. The minimum atomic E-state index is -0.955. The van der Waals surface area contributed by atoms with Crippen LogP contribution in [0.5, 0.6) is 5.88 Å². The number of hydrogen-bond donors (Lipinski definition) is 2. The molecule has 0 bridgehead atoms. The van der Waals surface area contributed by atoms with Gasteiger partial charge in [-0.1, -0.05) is 12.1 Å². The quantitative estimate of drug-likeness (QED) is 0.226. The Morgan fingerprint density at radius 2 is 1.59 bits per heavy atom. The number of fused-ring (bicyclic) bond motifs is 3. The first-order chi connectivity index (χ1) is 28.2. The summed E-state index contributed by atoms with van der Waals surface area (Å²) in [5.74, 6) is -0.593. The SMILES string of the molecule is Cc1c(-c2ccc3cnc(Nc4ccc(N5CCN(C6CN(c7ccc8c(c7)C(=O)N(C7CCC(=O)N(C)C7=O)C8=O)C6)CC5)cc4)nc3c2)cnc2c1NCCO2. The zero-order chi connectivity index (χ0) is 39.7. The number of anilines is 5. The molecule has 3 aromatic carbocycles. The molecule has 1 atom stereocenters. The third kappa shape index (κ3) is 6.13. The predicted octanol–water partition coefficient (Wildman–Crippen LogP) is 4.30. The van der Waals surface area contributed by atoms with E-state index in [1.807, 2.05) is 24.5 Å². The van der Waals surface area contributed by atoms with Gasteiger partial charge in [-0.05, 0) is 73.0 Å². The maximum Gasteiger partial charge on any atom is 0.262 e. The maximum atomic E-state index is 13.4. The Balaban J connectivity index is 0.734. The van der Waals surface area contributed by atoms with Crippen molar-refractivity contribution in [2.75, 3.05) is 79.9 Å². The molecular weight excluding hydrogens is 737 g/mol. The summed E-state index contributed by atoms with van der Waals surface area (Å²) in [5, 5.41) is 7.75. The van der Waals surface area contributed by atoms with Crippen LogP contribution in [0.15, 0.2) is 73.1 Å². The molecule has 0 saturated carbocycles. The van der Waals surface area contributed by atoms with E-state index in [4.69, 9.17) is 9.72 Å². The Bertz CT molecular complexity index is 2510. The Hall–Kier alpha value is -6.61. The molecule has 5 aliphatic rings. The summed E-state index contributed by atoms with van der Waals surface area (Å²) in [7, 11) is 1.40. The van der Waals surface area contributed by atoms with Crippen molar-refractivity contribution in [1.82, 2.24) is 29.7 Å². The normalized spacial score (nSPS) is 19.9. The van der Waals surface area contributed by atoms with E-state index in [9.17, 15) is 19.2 Å². The molecular formula is C43H42N10O5. The molecule has 4 amide bonds. The van der Waals surface area contributed by atoms with Crippen molar-refractivity contribution in [3.05, 3.63) is 89.7 Å². The number of nitrogens with zero attached hydrogens (tertiary/aromatic N) is 8. The van der Waals surface area contributed by atoms with Crippen molar-refractivity contribution in [3.63, 3.8) is 0 Å². The van der Waals surface area contributed by atoms with Crippen LogP contribution >= 0.6 is 0 Å². The molecule has 5 aromatic rings. The van der Waals surface area contributed by atoms with E-state index in [0.29, 0.717) is 35.6 Å². The number of likely N-dealkylation sites (N-methyl/N-ethyl adjacent to an activating group) is 1. The number of imide groups is 2. The van der Waals surface area contributed by atoms with Gasteiger partial charge in [-0.25, -0.2) is 15.0 Å². The fourth-order valence-electron chi connectivity index (χ4n) is 8.75. The van der Waals surface area contributed by atoms with Crippen LogP contribution in [-0.4, -0.2) is 125 Å². The Kier molecular flexibility index (Phi) is 8.69. The topological polar surface area (TPSA) is 156 Å². The molecule has 2 aromatic heterocycles. The van der Waals surface area contributed by atoms with E-state index in [-0.39, 0.29) is 18.7 Å². The average Bonchev–Trinajstić information content (AvgIpc) is 3.48. The molecule has 0 spiro atoms. The number of hydrogen-bond acceptors (Lipinski definition) is 13. The Labute approximate surface area is 334 Å². The number of carbonyl (C=O) groups excluding carboxylic acids is 4. The highest BCUT2D eigenvalue weighted by molar-refractivity contribution is 6.23. The fraction of sp³-hybridized carbons (Fsp3) is 0.326. The Morgan fingerprint density at radius 1 is 0.810 bits per heavy atom. The second kappa shape index (κ2) is 14.1. The van der Waals surface area contributed by atoms with Crippen LogP contribution in [0, 0.1) is 6.92 Å². The van der Waals surface area contributed by atoms with Gasteiger partial charge in [0.2, 0.25) is 17.7 Å². The number of nitrogens with one attached hydrogen (secondary N) is 2. The van der Waals surface area contributed by atoms with Crippen molar-refractivity contribution in [1.29, 1.82) is 0 Å². The lowest BCUT2D eigenvalue weighted by Crippen LogP contribution is -2.63. The van der Waals surface area contributed by atoms with Gasteiger partial charge in [0.25, 0.3) is 17.7 Å². The van der Waals surface area contributed by atoms with Gasteiger partial charge in [0.15, 0.2) is 0 Å². The van der Waals surface area contributed by atoms with Crippen molar-refractivity contribution < 1.29 is 23.9 Å². The number of likely N-dealkylation sites (tertiary alicyclic amines) is 1. The maximum absolute atomic E-state index is 13.4. The van der Waals surface area contributed by atoms with Crippen LogP contribution in [0.1, 0.15) is 39.1 Å². The highest BCUT2D eigenvalue weighted by Gasteiger charge is 2.46. The summed E-state index contributed by atoms with van der Waals surface area (Å²) in [6.07, 6.45) is 3.97. The number of benzene rings is 3.